The van der Waals surface area contributed by atoms with Crippen LogP contribution in [0.3, 0.4) is 0 Å². The van der Waals surface area contributed by atoms with E-state index in [0.29, 0.717) is 10.8 Å². The lowest BCUT2D eigenvalue weighted by Gasteiger charge is -2.12. The molecule has 0 bridgehead atoms. The monoisotopic (exact) mass is 378 g/mol. The highest BCUT2D eigenvalue weighted by Crippen LogP contribution is 2.27. The Kier molecular flexibility index (Phi) is 5.29. The molecule has 10 heteroatoms. The van der Waals surface area contributed by atoms with Gasteiger partial charge in [-0.15, -0.1) is 11.3 Å². The number of rotatable bonds is 6. The third-order valence-electron chi connectivity index (χ3n) is 3.11. The minimum atomic E-state index is -0.948. The third-order valence-corrected chi connectivity index (χ3v) is 4.91. The summed E-state index contributed by atoms with van der Waals surface area (Å²) in [5, 5.41) is 9.69. The van der Waals surface area contributed by atoms with Gasteiger partial charge in [-0.2, -0.15) is 0 Å². The maximum atomic E-state index is 12.0. The van der Waals surface area contributed by atoms with Crippen LogP contribution >= 0.6 is 23.1 Å². The molecule has 0 unspecified atom stereocenters. The summed E-state index contributed by atoms with van der Waals surface area (Å²) in [7, 11) is 0. The summed E-state index contributed by atoms with van der Waals surface area (Å²) in [6.45, 7) is 3.20. The average molecular weight is 378 g/mol. The normalized spacial score (nSPS) is 12.1. The number of nitrogens with one attached hydrogen (secondary N) is 1. The minimum Gasteiger partial charge on any atom is -0.452 e. The zero-order valence-electron chi connectivity index (χ0n) is 13.4. The molecule has 25 heavy (non-hydrogen) atoms. The number of ether oxygens (including phenoxy) is 1. The Labute approximate surface area is 151 Å². The molecule has 0 fully saturated rings. The van der Waals surface area contributed by atoms with Crippen LogP contribution < -0.4 is 5.32 Å². The molecule has 0 saturated heterocycles. The van der Waals surface area contributed by atoms with Crippen molar-refractivity contribution in [1.29, 1.82) is 0 Å². The number of thiophene rings is 1. The van der Waals surface area contributed by atoms with Gasteiger partial charge in [-0.1, -0.05) is 16.9 Å². The molecule has 0 spiro atoms. The maximum Gasteiger partial charge on any atom is 0.317 e. The summed E-state index contributed by atoms with van der Waals surface area (Å²) in [4.78, 5) is 33.1. The molecular weight excluding hydrogens is 364 g/mol. The molecule has 0 aliphatic rings. The molecule has 1 atom stereocenters. The first-order chi connectivity index (χ1) is 12.0. The van der Waals surface area contributed by atoms with Gasteiger partial charge in [-0.25, -0.2) is 9.97 Å². The standard InChI is InChI=1S/C15H14N4O4S2/c1-8-5-11(19-23-8)18-13(21)9(2)22-12(20)6-25-15-10-3-4-24-14(10)16-7-17-15/h3-5,7,9H,6H2,1-2H3,(H,18,19,21)/t9-/m0/s1. The summed E-state index contributed by atoms with van der Waals surface area (Å²) in [6.07, 6.45) is 0.513. The van der Waals surface area contributed by atoms with Crippen LogP contribution in [0.25, 0.3) is 10.2 Å². The summed E-state index contributed by atoms with van der Waals surface area (Å²) in [6, 6.07) is 3.48. The van der Waals surface area contributed by atoms with Crippen LogP contribution in [-0.2, 0) is 14.3 Å². The zero-order chi connectivity index (χ0) is 17.8. The van der Waals surface area contributed by atoms with Crippen LogP contribution in [0, 0.1) is 6.92 Å². The lowest BCUT2D eigenvalue weighted by Crippen LogP contribution is -2.30. The maximum absolute atomic E-state index is 12.0. The Hall–Kier alpha value is -2.46. The SMILES string of the molecule is Cc1cc(NC(=O)[C@H](C)OC(=O)CSc2ncnc3sccc23)no1. The topological polar surface area (TPSA) is 107 Å². The molecule has 3 rings (SSSR count). The fourth-order valence-corrected chi connectivity index (χ4v) is 3.51. The second-order valence-corrected chi connectivity index (χ2v) is 6.91. The van der Waals surface area contributed by atoms with E-state index in [1.54, 1.807) is 13.0 Å². The van der Waals surface area contributed by atoms with Gasteiger partial charge in [0.15, 0.2) is 11.9 Å². The highest BCUT2D eigenvalue weighted by atomic mass is 32.2. The number of anilines is 1. The van der Waals surface area contributed by atoms with Crippen molar-refractivity contribution < 1.29 is 18.8 Å². The van der Waals surface area contributed by atoms with Crippen LogP contribution in [0.5, 0.6) is 0 Å². The van der Waals surface area contributed by atoms with E-state index in [9.17, 15) is 9.59 Å². The molecule has 0 saturated carbocycles. The number of hydrogen-bond acceptors (Lipinski definition) is 9. The Morgan fingerprint density at radius 2 is 2.28 bits per heavy atom. The first kappa shape index (κ1) is 17.4. The van der Waals surface area contributed by atoms with Crippen LogP contribution in [0.2, 0.25) is 0 Å². The summed E-state index contributed by atoms with van der Waals surface area (Å²) < 4.78 is 9.99. The molecule has 1 amide bonds. The van der Waals surface area contributed by atoms with Gasteiger partial charge in [0.25, 0.3) is 5.91 Å². The minimum absolute atomic E-state index is 0.0443. The van der Waals surface area contributed by atoms with Gasteiger partial charge in [0, 0.05) is 11.5 Å². The number of aryl methyl sites for hydroxylation is 1. The first-order valence-corrected chi connectivity index (χ1v) is 9.14. The van der Waals surface area contributed by atoms with Gasteiger partial charge in [-0.3, -0.25) is 9.59 Å². The van der Waals surface area contributed by atoms with Crippen LogP contribution in [-0.4, -0.2) is 38.9 Å². The summed E-state index contributed by atoms with van der Waals surface area (Å²) in [5.41, 5.74) is 0. The van der Waals surface area contributed by atoms with Crippen LogP contribution in [0.15, 0.2) is 33.4 Å². The molecular formula is C15H14N4O4S2. The van der Waals surface area contributed by atoms with E-state index in [0.717, 1.165) is 10.2 Å². The van der Waals surface area contributed by atoms with Crippen molar-refractivity contribution in [3.63, 3.8) is 0 Å². The van der Waals surface area contributed by atoms with Crippen molar-refractivity contribution in [3.8, 4) is 0 Å². The number of thioether (sulfide) groups is 1. The Bertz CT molecular complexity index is 908. The predicted molar refractivity (Wildman–Crippen MR) is 93.6 cm³/mol. The Morgan fingerprint density at radius 3 is 3.04 bits per heavy atom. The molecule has 1 N–H and O–H groups in total. The van der Waals surface area contributed by atoms with Crippen LogP contribution in [0.1, 0.15) is 12.7 Å². The van der Waals surface area contributed by atoms with Crippen molar-refractivity contribution >= 4 is 51.0 Å². The van der Waals surface area contributed by atoms with Gasteiger partial charge in [0.05, 0.1) is 5.75 Å². The Balaban J connectivity index is 1.51. The average Bonchev–Trinajstić information content (AvgIpc) is 3.21. The quantitative estimate of drug-likeness (QED) is 0.396. The van der Waals surface area contributed by atoms with E-state index in [4.69, 9.17) is 9.26 Å². The predicted octanol–water partition coefficient (Wildman–Crippen LogP) is 2.65. The van der Waals surface area contributed by atoms with Crippen molar-refractivity contribution in [2.45, 2.75) is 25.0 Å². The highest BCUT2D eigenvalue weighted by Gasteiger charge is 2.19. The zero-order valence-corrected chi connectivity index (χ0v) is 15.0. The largest absolute Gasteiger partial charge is 0.452 e. The number of esters is 1. The van der Waals surface area contributed by atoms with E-state index < -0.39 is 18.0 Å². The van der Waals surface area contributed by atoms with Gasteiger partial charge in [-0.05, 0) is 25.3 Å². The van der Waals surface area contributed by atoms with E-state index in [1.165, 1.54) is 36.3 Å². The van der Waals surface area contributed by atoms with E-state index >= 15 is 0 Å². The van der Waals surface area contributed by atoms with Crippen molar-refractivity contribution in [2.75, 3.05) is 11.1 Å². The molecule has 0 radical (unpaired) electrons. The van der Waals surface area contributed by atoms with Crippen molar-refractivity contribution in [1.82, 2.24) is 15.1 Å². The van der Waals surface area contributed by atoms with Gasteiger partial charge >= 0.3 is 5.97 Å². The van der Waals surface area contributed by atoms with E-state index in [2.05, 4.69) is 20.4 Å². The van der Waals surface area contributed by atoms with Crippen LogP contribution in [0.4, 0.5) is 5.82 Å². The molecule has 3 aromatic heterocycles. The number of aromatic nitrogens is 3. The summed E-state index contributed by atoms with van der Waals surface area (Å²) >= 11 is 2.75. The van der Waals surface area contributed by atoms with Gasteiger partial charge < -0.3 is 14.6 Å². The van der Waals surface area contributed by atoms with Crippen molar-refractivity contribution in [3.05, 3.63) is 29.6 Å². The molecule has 0 aromatic carbocycles. The number of fused-ring (bicyclic) bond motifs is 1. The lowest BCUT2D eigenvalue weighted by molar-refractivity contribution is -0.150. The molecule has 130 valence electrons. The van der Waals surface area contributed by atoms with E-state index in [-0.39, 0.29) is 11.6 Å². The number of carbonyl (C=O) groups excluding carboxylic acids is 2. The number of amides is 1. The second kappa shape index (κ2) is 7.62. The molecule has 3 heterocycles. The smallest absolute Gasteiger partial charge is 0.317 e. The third kappa shape index (κ3) is 4.34. The number of hydrogen-bond donors (Lipinski definition) is 1. The second-order valence-electron chi connectivity index (χ2n) is 5.05. The number of carbonyl (C=O) groups is 2. The summed E-state index contributed by atoms with van der Waals surface area (Å²) in [5.74, 6) is -0.0933. The Morgan fingerprint density at radius 1 is 1.44 bits per heavy atom. The molecule has 3 aromatic rings. The van der Waals surface area contributed by atoms with Gasteiger partial charge in [0.1, 0.15) is 21.9 Å². The molecule has 0 aliphatic carbocycles. The number of nitrogens with zero attached hydrogens (tertiary/aromatic N) is 3. The van der Waals surface area contributed by atoms with Gasteiger partial charge in [0.2, 0.25) is 0 Å². The fraction of sp³-hybridized carbons (Fsp3) is 0.267. The van der Waals surface area contributed by atoms with E-state index in [1.807, 2.05) is 11.4 Å². The lowest BCUT2D eigenvalue weighted by atomic mass is 10.3. The fourth-order valence-electron chi connectivity index (χ4n) is 1.95. The van der Waals surface area contributed by atoms with Crippen molar-refractivity contribution in [2.24, 2.45) is 0 Å². The first-order valence-electron chi connectivity index (χ1n) is 7.27. The highest BCUT2D eigenvalue weighted by molar-refractivity contribution is 8.00. The molecule has 0 aliphatic heterocycles. The molecule has 8 nitrogen and oxygen atoms in total.